The maximum Gasteiger partial charge on any atom is 0.126 e. The third-order valence-corrected chi connectivity index (χ3v) is 3.28. The summed E-state index contributed by atoms with van der Waals surface area (Å²) in [6, 6.07) is 4.12. The number of methoxy groups -OCH3 is 2. The molecule has 0 bridgehead atoms. The average Bonchev–Trinajstić information content (AvgIpc) is 3.06. The Morgan fingerprint density at radius 2 is 1.81 bits per heavy atom. The van der Waals surface area contributed by atoms with Gasteiger partial charge in [0.05, 0.1) is 14.2 Å². The lowest BCUT2D eigenvalue weighted by Crippen LogP contribution is -2.04. The summed E-state index contributed by atoms with van der Waals surface area (Å²) in [7, 11) is 3.41. The van der Waals surface area contributed by atoms with Gasteiger partial charge >= 0.3 is 0 Å². The summed E-state index contributed by atoms with van der Waals surface area (Å²) in [5, 5.41) is 0. The van der Waals surface area contributed by atoms with Gasteiger partial charge in [0.15, 0.2) is 0 Å². The van der Waals surface area contributed by atoms with Gasteiger partial charge in [-0.1, -0.05) is 0 Å². The molecule has 2 N–H and O–H groups in total. The van der Waals surface area contributed by atoms with Crippen LogP contribution in [0.5, 0.6) is 11.5 Å². The Morgan fingerprint density at radius 1 is 1.25 bits per heavy atom. The standard InChI is InChI=1S/C13H19NO2/c1-8-4-11(15-2)13(12(5-8)16-3)10-6-9(10)7-14/h4-5,9-10H,6-7,14H2,1-3H3. The van der Waals surface area contributed by atoms with Crippen molar-refractivity contribution in [2.75, 3.05) is 20.8 Å². The van der Waals surface area contributed by atoms with E-state index in [1.54, 1.807) is 14.2 Å². The number of nitrogens with two attached hydrogens (primary N) is 1. The Morgan fingerprint density at radius 3 is 2.19 bits per heavy atom. The summed E-state index contributed by atoms with van der Waals surface area (Å²) in [6.45, 7) is 2.78. The van der Waals surface area contributed by atoms with E-state index in [-0.39, 0.29) is 0 Å². The third kappa shape index (κ3) is 1.87. The van der Waals surface area contributed by atoms with Gasteiger partial charge in [-0.3, -0.25) is 0 Å². The molecule has 2 atom stereocenters. The predicted octanol–water partition coefficient (Wildman–Crippen LogP) is 2.07. The number of ether oxygens (including phenoxy) is 2. The van der Waals surface area contributed by atoms with Crippen molar-refractivity contribution in [3.05, 3.63) is 23.3 Å². The number of aryl methyl sites for hydroxylation is 1. The molecule has 16 heavy (non-hydrogen) atoms. The van der Waals surface area contributed by atoms with Crippen LogP contribution in [-0.2, 0) is 0 Å². The fraction of sp³-hybridized carbons (Fsp3) is 0.538. The summed E-state index contributed by atoms with van der Waals surface area (Å²) < 4.78 is 10.9. The molecule has 0 spiro atoms. The van der Waals surface area contributed by atoms with Crippen molar-refractivity contribution in [3.63, 3.8) is 0 Å². The molecule has 88 valence electrons. The van der Waals surface area contributed by atoms with E-state index < -0.39 is 0 Å². The first kappa shape index (κ1) is 11.3. The van der Waals surface area contributed by atoms with Crippen molar-refractivity contribution in [2.45, 2.75) is 19.3 Å². The second-order valence-electron chi connectivity index (χ2n) is 4.42. The van der Waals surface area contributed by atoms with Gasteiger partial charge in [0, 0.05) is 5.56 Å². The van der Waals surface area contributed by atoms with Crippen LogP contribution in [0, 0.1) is 12.8 Å². The quantitative estimate of drug-likeness (QED) is 0.846. The van der Waals surface area contributed by atoms with Gasteiger partial charge in [-0.2, -0.15) is 0 Å². The lowest BCUT2D eigenvalue weighted by atomic mass is 10.0. The molecule has 0 aromatic heterocycles. The fourth-order valence-electron chi connectivity index (χ4n) is 2.30. The number of benzene rings is 1. The molecule has 1 fully saturated rings. The van der Waals surface area contributed by atoms with E-state index in [0.717, 1.165) is 30.0 Å². The zero-order chi connectivity index (χ0) is 11.7. The maximum atomic E-state index is 5.69. The highest BCUT2D eigenvalue weighted by molar-refractivity contribution is 5.52. The topological polar surface area (TPSA) is 44.5 Å². The Labute approximate surface area is 96.5 Å². The van der Waals surface area contributed by atoms with Gasteiger partial charge in [-0.05, 0) is 49.4 Å². The molecule has 1 aromatic carbocycles. The van der Waals surface area contributed by atoms with Crippen LogP contribution in [-0.4, -0.2) is 20.8 Å². The van der Waals surface area contributed by atoms with E-state index in [1.165, 1.54) is 5.56 Å². The SMILES string of the molecule is COc1cc(C)cc(OC)c1C1CC1CN. The van der Waals surface area contributed by atoms with E-state index in [2.05, 4.69) is 12.1 Å². The van der Waals surface area contributed by atoms with Gasteiger partial charge in [0.2, 0.25) is 0 Å². The van der Waals surface area contributed by atoms with Gasteiger partial charge in [0.25, 0.3) is 0 Å². The number of rotatable bonds is 4. The Bertz CT molecular complexity index is 365. The highest BCUT2D eigenvalue weighted by Crippen LogP contribution is 2.53. The molecule has 0 aliphatic heterocycles. The van der Waals surface area contributed by atoms with E-state index in [0.29, 0.717) is 11.8 Å². The van der Waals surface area contributed by atoms with Crippen LogP contribution in [0.1, 0.15) is 23.5 Å². The van der Waals surface area contributed by atoms with Crippen molar-refractivity contribution in [1.29, 1.82) is 0 Å². The molecule has 0 saturated heterocycles. The molecule has 2 rings (SSSR count). The normalized spacial score (nSPS) is 23.0. The summed E-state index contributed by atoms with van der Waals surface area (Å²) >= 11 is 0. The van der Waals surface area contributed by atoms with Gasteiger partial charge in [0.1, 0.15) is 11.5 Å². The lowest BCUT2D eigenvalue weighted by molar-refractivity contribution is 0.384. The second-order valence-corrected chi connectivity index (χ2v) is 4.42. The first-order valence-electron chi connectivity index (χ1n) is 5.63. The van der Waals surface area contributed by atoms with Crippen molar-refractivity contribution in [2.24, 2.45) is 11.7 Å². The van der Waals surface area contributed by atoms with E-state index in [1.807, 2.05) is 6.92 Å². The second kappa shape index (κ2) is 4.34. The minimum absolute atomic E-state index is 0.510. The maximum absolute atomic E-state index is 5.69. The molecule has 0 heterocycles. The smallest absolute Gasteiger partial charge is 0.126 e. The summed E-state index contributed by atoms with van der Waals surface area (Å²) in [5.74, 6) is 2.96. The minimum atomic E-state index is 0.510. The first-order valence-corrected chi connectivity index (χ1v) is 5.63. The van der Waals surface area contributed by atoms with Crippen LogP contribution in [0.3, 0.4) is 0 Å². The van der Waals surface area contributed by atoms with Crippen LogP contribution >= 0.6 is 0 Å². The van der Waals surface area contributed by atoms with Gasteiger partial charge in [-0.25, -0.2) is 0 Å². The van der Waals surface area contributed by atoms with Crippen molar-refractivity contribution in [3.8, 4) is 11.5 Å². The first-order chi connectivity index (χ1) is 7.71. The highest BCUT2D eigenvalue weighted by atomic mass is 16.5. The van der Waals surface area contributed by atoms with Crippen LogP contribution < -0.4 is 15.2 Å². The monoisotopic (exact) mass is 221 g/mol. The molecular formula is C13H19NO2. The van der Waals surface area contributed by atoms with Crippen LogP contribution in [0.15, 0.2) is 12.1 Å². The summed E-state index contributed by atoms with van der Waals surface area (Å²) in [6.07, 6.45) is 1.15. The van der Waals surface area contributed by atoms with Crippen molar-refractivity contribution < 1.29 is 9.47 Å². The van der Waals surface area contributed by atoms with Crippen molar-refractivity contribution >= 4 is 0 Å². The fourth-order valence-corrected chi connectivity index (χ4v) is 2.30. The van der Waals surface area contributed by atoms with E-state index >= 15 is 0 Å². The third-order valence-electron chi connectivity index (χ3n) is 3.28. The molecule has 1 aliphatic carbocycles. The van der Waals surface area contributed by atoms with Crippen LogP contribution in [0.2, 0.25) is 0 Å². The van der Waals surface area contributed by atoms with Gasteiger partial charge in [-0.15, -0.1) is 0 Å². The minimum Gasteiger partial charge on any atom is -0.496 e. The lowest BCUT2D eigenvalue weighted by Gasteiger charge is -2.14. The molecule has 0 radical (unpaired) electrons. The predicted molar refractivity (Wildman–Crippen MR) is 64.2 cm³/mol. The Hall–Kier alpha value is -1.22. The molecule has 1 aromatic rings. The summed E-state index contributed by atoms with van der Waals surface area (Å²) in [4.78, 5) is 0. The number of hydrogen-bond acceptors (Lipinski definition) is 3. The van der Waals surface area contributed by atoms with Gasteiger partial charge < -0.3 is 15.2 Å². The molecule has 2 unspecified atom stereocenters. The Balaban J connectivity index is 2.41. The molecule has 1 aliphatic rings. The number of hydrogen-bond donors (Lipinski definition) is 1. The molecular weight excluding hydrogens is 202 g/mol. The highest BCUT2D eigenvalue weighted by Gasteiger charge is 2.40. The van der Waals surface area contributed by atoms with Crippen molar-refractivity contribution in [1.82, 2.24) is 0 Å². The zero-order valence-electron chi connectivity index (χ0n) is 10.1. The van der Waals surface area contributed by atoms with E-state index in [9.17, 15) is 0 Å². The Kier molecular flexibility index (Phi) is 3.06. The van der Waals surface area contributed by atoms with Crippen LogP contribution in [0.25, 0.3) is 0 Å². The van der Waals surface area contributed by atoms with E-state index in [4.69, 9.17) is 15.2 Å². The molecule has 3 nitrogen and oxygen atoms in total. The average molecular weight is 221 g/mol. The summed E-state index contributed by atoms with van der Waals surface area (Å²) in [5.41, 5.74) is 8.03. The van der Waals surface area contributed by atoms with Crippen LogP contribution in [0.4, 0.5) is 0 Å². The zero-order valence-corrected chi connectivity index (χ0v) is 10.1. The molecule has 0 amide bonds. The molecule has 3 heteroatoms. The largest absolute Gasteiger partial charge is 0.496 e. The molecule has 1 saturated carbocycles.